The highest BCUT2D eigenvalue weighted by Gasteiger charge is 2.11. The van der Waals surface area contributed by atoms with Crippen LogP contribution in [-0.2, 0) is 17.8 Å². The molecule has 5 nitrogen and oxygen atoms in total. The first-order chi connectivity index (χ1) is 11.9. The molecular weight excluding hydrogens is 316 g/mol. The van der Waals surface area contributed by atoms with Gasteiger partial charge in [-0.1, -0.05) is 18.2 Å². The molecule has 2 aromatic rings. The van der Waals surface area contributed by atoms with Gasteiger partial charge in [-0.05, 0) is 48.2 Å². The van der Waals surface area contributed by atoms with E-state index in [-0.39, 0.29) is 5.91 Å². The summed E-state index contributed by atoms with van der Waals surface area (Å²) in [6.45, 7) is 4.73. The molecule has 0 aliphatic carbocycles. The number of carbonyl (C=O) groups is 1. The second kappa shape index (κ2) is 8.42. The third kappa shape index (κ3) is 4.89. The zero-order chi connectivity index (χ0) is 18.4. The minimum absolute atomic E-state index is 0.0413. The molecule has 0 heterocycles. The van der Waals surface area contributed by atoms with E-state index in [0.29, 0.717) is 24.6 Å². The van der Waals surface area contributed by atoms with Crippen LogP contribution in [0.5, 0.6) is 11.5 Å². The fourth-order valence-corrected chi connectivity index (χ4v) is 2.66. The van der Waals surface area contributed by atoms with Crippen LogP contribution < -0.4 is 15.2 Å². The van der Waals surface area contributed by atoms with E-state index in [2.05, 4.69) is 0 Å². The Hall–Kier alpha value is -2.69. The molecule has 0 atom stereocenters. The van der Waals surface area contributed by atoms with Crippen LogP contribution >= 0.6 is 0 Å². The number of anilines is 1. The van der Waals surface area contributed by atoms with Crippen molar-refractivity contribution in [3.63, 3.8) is 0 Å². The second-order valence-corrected chi connectivity index (χ2v) is 6.07. The van der Waals surface area contributed by atoms with Gasteiger partial charge in [0.25, 0.3) is 0 Å². The van der Waals surface area contributed by atoms with Crippen molar-refractivity contribution in [1.29, 1.82) is 0 Å². The Morgan fingerprint density at radius 3 is 2.32 bits per heavy atom. The molecule has 0 aromatic heterocycles. The summed E-state index contributed by atoms with van der Waals surface area (Å²) in [5, 5.41) is 0. The number of ether oxygens (including phenoxy) is 2. The van der Waals surface area contributed by atoms with Crippen molar-refractivity contribution in [2.45, 2.75) is 26.8 Å². The lowest BCUT2D eigenvalue weighted by Crippen LogP contribution is -2.30. The smallest absolute Gasteiger partial charge is 0.219 e. The molecule has 1 amide bonds. The molecule has 0 saturated heterocycles. The molecule has 2 rings (SSSR count). The average molecular weight is 342 g/mol. The zero-order valence-electron chi connectivity index (χ0n) is 15.3. The first kappa shape index (κ1) is 18.6. The molecule has 2 N–H and O–H groups in total. The minimum Gasteiger partial charge on any atom is -0.493 e. The van der Waals surface area contributed by atoms with Gasteiger partial charge in [0.15, 0.2) is 11.5 Å². The molecule has 0 unspecified atom stereocenters. The number of nitrogens with zero attached hydrogens (tertiary/aromatic N) is 1. The quantitative estimate of drug-likeness (QED) is 0.785. The molecule has 0 aliphatic heterocycles. The second-order valence-electron chi connectivity index (χ2n) is 6.07. The molecule has 0 saturated carbocycles. The Labute approximate surface area is 149 Å². The van der Waals surface area contributed by atoms with E-state index in [9.17, 15) is 4.79 Å². The van der Waals surface area contributed by atoms with Gasteiger partial charge in [-0.2, -0.15) is 0 Å². The molecule has 0 fully saturated rings. The lowest BCUT2D eigenvalue weighted by molar-refractivity contribution is -0.129. The summed E-state index contributed by atoms with van der Waals surface area (Å²) in [4.78, 5) is 13.8. The standard InChI is InChI=1S/C20H26N2O3/c1-14-5-6-17(11-18(14)21)13-22(15(2)23)10-9-16-7-8-19(24-3)20(12-16)25-4/h5-8,11-12H,9-10,13,21H2,1-4H3. The topological polar surface area (TPSA) is 64.8 Å². The molecule has 134 valence electrons. The lowest BCUT2D eigenvalue weighted by atomic mass is 10.1. The number of methoxy groups -OCH3 is 2. The van der Waals surface area contributed by atoms with Crippen LogP contribution in [0, 0.1) is 6.92 Å². The summed E-state index contributed by atoms with van der Waals surface area (Å²) >= 11 is 0. The summed E-state index contributed by atoms with van der Waals surface area (Å²) in [5.74, 6) is 1.44. The number of benzene rings is 2. The van der Waals surface area contributed by atoms with E-state index in [0.717, 1.165) is 28.8 Å². The van der Waals surface area contributed by atoms with Crippen LogP contribution in [0.15, 0.2) is 36.4 Å². The Morgan fingerprint density at radius 1 is 1.04 bits per heavy atom. The van der Waals surface area contributed by atoms with Crippen molar-refractivity contribution in [2.24, 2.45) is 0 Å². The normalized spacial score (nSPS) is 10.4. The van der Waals surface area contributed by atoms with E-state index in [4.69, 9.17) is 15.2 Å². The van der Waals surface area contributed by atoms with Crippen LogP contribution in [-0.4, -0.2) is 31.6 Å². The molecule has 5 heteroatoms. The Morgan fingerprint density at radius 2 is 1.72 bits per heavy atom. The van der Waals surface area contributed by atoms with Crippen molar-refractivity contribution in [3.05, 3.63) is 53.1 Å². The van der Waals surface area contributed by atoms with E-state index in [1.165, 1.54) is 0 Å². The summed E-state index contributed by atoms with van der Waals surface area (Å²) in [6.07, 6.45) is 0.737. The molecule has 2 aromatic carbocycles. The number of nitrogen functional groups attached to an aromatic ring is 1. The number of rotatable bonds is 7. The van der Waals surface area contributed by atoms with Crippen molar-refractivity contribution in [2.75, 3.05) is 26.5 Å². The average Bonchev–Trinajstić information content (AvgIpc) is 2.61. The van der Waals surface area contributed by atoms with Crippen LogP contribution in [0.25, 0.3) is 0 Å². The SMILES string of the molecule is COc1ccc(CCN(Cc2ccc(C)c(N)c2)C(C)=O)cc1OC. The zero-order valence-corrected chi connectivity index (χ0v) is 15.3. The highest BCUT2D eigenvalue weighted by atomic mass is 16.5. The van der Waals surface area contributed by atoms with Crippen LogP contribution in [0.3, 0.4) is 0 Å². The predicted molar refractivity (Wildman–Crippen MR) is 99.9 cm³/mol. The van der Waals surface area contributed by atoms with Crippen LogP contribution in [0.4, 0.5) is 5.69 Å². The summed E-state index contributed by atoms with van der Waals surface area (Å²) in [5.41, 5.74) is 9.89. The molecule has 0 spiro atoms. The van der Waals surface area contributed by atoms with Crippen molar-refractivity contribution >= 4 is 11.6 Å². The van der Waals surface area contributed by atoms with E-state index in [1.54, 1.807) is 21.1 Å². The highest BCUT2D eigenvalue weighted by molar-refractivity contribution is 5.73. The van der Waals surface area contributed by atoms with Gasteiger partial charge < -0.3 is 20.1 Å². The Kier molecular flexibility index (Phi) is 6.28. The van der Waals surface area contributed by atoms with Gasteiger partial charge in [-0.3, -0.25) is 4.79 Å². The summed E-state index contributed by atoms with van der Waals surface area (Å²) in [6, 6.07) is 11.7. The van der Waals surface area contributed by atoms with Crippen molar-refractivity contribution < 1.29 is 14.3 Å². The Balaban J connectivity index is 2.06. The molecule has 25 heavy (non-hydrogen) atoms. The van der Waals surface area contributed by atoms with Crippen LogP contribution in [0.1, 0.15) is 23.6 Å². The maximum Gasteiger partial charge on any atom is 0.219 e. The number of nitrogens with two attached hydrogens (primary N) is 1. The third-order valence-corrected chi connectivity index (χ3v) is 4.28. The largest absolute Gasteiger partial charge is 0.493 e. The van der Waals surface area contributed by atoms with Gasteiger partial charge in [0.05, 0.1) is 14.2 Å². The number of carbonyl (C=O) groups excluding carboxylic acids is 1. The van der Waals surface area contributed by atoms with Crippen molar-refractivity contribution in [1.82, 2.24) is 4.90 Å². The third-order valence-electron chi connectivity index (χ3n) is 4.28. The lowest BCUT2D eigenvalue weighted by Gasteiger charge is -2.22. The van der Waals surface area contributed by atoms with Gasteiger partial charge in [0.1, 0.15) is 0 Å². The van der Waals surface area contributed by atoms with Crippen molar-refractivity contribution in [3.8, 4) is 11.5 Å². The monoisotopic (exact) mass is 342 g/mol. The molecule has 0 aliphatic rings. The maximum atomic E-state index is 12.0. The first-order valence-electron chi connectivity index (χ1n) is 8.26. The van der Waals surface area contributed by atoms with Gasteiger partial charge in [-0.15, -0.1) is 0 Å². The van der Waals surface area contributed by atoms with Gasteiger partial charge in [0, 0.05) is 25.7 Å². The first-order valence-corrected chi connectivity index (χ1v) is 8.26. The molecule has 0 radical (unpaired) electrons. The minimum atomic E-state index is 0.0413. The number of aryl methyl sites for hydroxylation is 1. The predicted octanol–water partition coefficient (Wildman–Crippen LogP) is 3.19. The van der Waals surface area contributed by atoms with E-state index in [1.807, 2.05) is 48.2 Å². The fraction of sp³-hybridized carbons (Fsp3) is 0.350. The summed E-state index contributed by atoms with van der Waals surface area (Å²) in [7, 11) is 3.23. The number of hydrogen-bond acceptors (Lipinski definition) is 4. The van der Waals surface area contributed by atoms with Crippen LogP contribution in [0.2, 0.25) is 0 Å². The Bertz CT molecular complexity index is 744. The molecular formula is C20H26N2O3. The number of hydrogen-bond donors (Lipinski definition) is 1. The molecule has 0 bridgehead atoms. The number of amides is 1. The fourth-order valence-electron chi connectivity index (χ4n) is 2.66. The van der Waals surface area contributed by atoms with E-state index < -0.39 is 0 Å². The maximum absolute atomic E-state index is 12.0. The van der Waals surface area contributed by atoms with Gasteiger partial charge in [0.2, 0.25) is 5.91 Å². The highest BCUT2D eigenvalue weighted by Crippen LogP contribution is 2.27. The van der Waals surface area contributed by atoms with Gasteiger partial charge >= 0.3 is 0 Å². The van der Waals surface area contributed by atoms with E-state index >= 15 is 0 Å². The van der Waals surface area contributed by atoms with Gasteiger partial charge in [-0.25, -0.2) is 0 Å². The summed E-state index contributed by atoms with van der Waals surface area (Å²) < 4.78 is 10.6.